The van der Waals surface area contributed by atoms with E-state index in [9.17, 15) is 13.2 Å². The van der Waals surface area contributed by atoms with Gasteiger partial charge in [-0.15, -0.1) is 0 Å². The highest BCUT2D eigenvalue weighted by Crippen LogP contribution is 2.44. The topological polar surface area (TPSA) is 104 Å². The molecule has 0 atom stereocenters. The number of aliphatic hydroxyl groups is 3. The molecule has 1 aliphatic heterocycles. The maximum absolute atomic E-state index is 10.5. The zero-order chi connectivity index (χ0) is 30.2. The Hall–Kier alpha value is -2.47. The van der Waals surface area contributed by atoms with Crippen molar-refractivity contribution in [3.05, 3.63) is 72.0 Å². The van der Waals surface area contributed by atoms with E-state index in [1.807, 2.05) is 6.08 Å². The Bertz CT molecular complexity index is 1190. The molecule has 2 aromatic rings. The smallest absolute Gasteiger partial charge is 0.387 e. The first-order valence-electron chi connectivity index (χ1n) is 14.2. The van der Waals surface area contributed by atoms with Gasteiger partial charge in [0.05, 0.1) is 11.1 Å². The van der Waals surface area contributed by atoms with Crippen LogP contribution in [0.3, 0.4) is 0 Å². The van der Waals surface area contributed by atoms with Crippen LogP contribution in [0.1, 0.15) is 75.5 Å². The zero-order valence-electron chi connectivity index (χ0n) is 24.0. The molecule has 1 aromatic carbocycles. The highest BCUT2D eigenvalue weighted by Gasteiger charge is 2.35. The van der Waals surface area contributed by atoms with E-state index in [-0.39, 0.29) is 5.60 Å². The average molecular weight is 580 g/mol. The highest BCUT2D eigenvalue weighted by molar-refractivity contribution is 5.87. The van der Waals surface area contributed by atoms with Crippen LogP contribution in [0.4, 0.5) is 13.2 Å². The van der Waals surface area contributed by atoms with E-state index in [1.54, 1.807) is 12.2 Å². The van der Waals surface area contributed by atoms with Gasteiger partial charge in [0.25, 0.3) is 0 Å². The molecule has 7 nitrogen and oxygen atoms in total. The number of nitrogens with two attached hydrogens (primary N) is 1. The van der Waals surface area contributed by atoms with Crippen LogP contribution in [0.2, 0.25) is 0 Å². The van der Waals surface area contributed by atoms with Crippen molar-refractivity contribution in [3.8, 4) is 0 Å². The lowest BCUT2D eigenvalue weighted by atomic mass is 9.85. The Labute approximate surface area is 240 Å². The number of fused-ring (bicyclic) bond motifs is 1. The zero-order valence-corrected chi connectivity index (χ0v) is 24.0. The highest BCUT2D eigenvalue weighted by atomic mass is 19.4. The third kappa shape index (κ3) is 9.52. The predicted octanol–water partition coefficient (Wildman–Crippen LogP) is 5.63. The van der Waals surface area contributed by atoms with E-state index < -0.39 is 19.1 Å². The van der Waals surface area contributed by atoms with Crippen molar-refractivity contribution >= 4 is 10.9 Å². The van der Waals surface area contributed by atoms with Gasteiger partial charge in [0.2, 0.25) is 0 Å². The number of rotatable bonds is 11. The van der Waals surface area contributed by atoms with Gasteiger partial charge in [-0.25, -0.2) is 5.90 Å². The SMILES string of the molecule is C=C/C(=C\C=C\C(O)O)CCC1(ON)CCN(Cc2cn(C(C)C)c3c(C4CC4)cccc23)CC1.OCC(F)(F)F. The molecule has 10 heteroatoms. The fraction of sp³-hybridized carbons (Fsp3) is 0.548. The second kappa shape index (κ2) is 14.6. The van der Waals surface area contributed by atoms with Crippen molar-refractivity contribution < 1.29 is 33.3 Å². The molecule has 5 N–H and O–H groups in total. The van der Waals surface area contributed by atoms with Crippen molar-refractivity contribution in [2.75, 3.05) is 19.7 Å². The van der Waals surface area contributed by atoms with Crippen molar-refractivity contribution in [1.29, 1.82) is 0 Å². The van der Waals surface area contributed by atoms with Crippen molar-refractivity contribution in [2.45, 2.75) is 88.9 Å². The summed E-state index contributed by atoms with van der Waals surface area (Å²) in [6, 6.07) is 7.28. The van der Waals surface area contributed by atoms with Gasteiger partial charge in [0.15, 0.2) is 6.29 Å². The summed E-state index contributed by atoms with van der Waals surface area (Å²) in [6.45, 7) is 9.52. The molecule has 41 heavy (non-hydrogen) atoms. The number of aromatic nitrogens is 1. The molecule has 0 amide bonds. The van der Waals surface area contributed by atoms with Crippen molar-refractivity contribution in [1.82, 2.24) is 9.47 Å². The van der Waals surface area contributed by atoms with Gasteiger partial charge < -0.3 is 19.9 Å². The molecule has 1 saturated heterocycles. The first-order valence-corrected chi connectivity index (χ1v) is 14.2. The van der Waals surface area contributed by atoms with E-state index in [1.165, 1.54) is 40.9 Å². The Morgan fingerprint density at radius 2 is 1.88 bits per heavy atom. The summed E-state index contributed by atoms with van der Waals surface area (Å²) >= 11 is 0. The van der Waals surface area contributed by atoms with Crippen LogP contribution in [0.5, 0.6) is 0 Å². The molecule has 0 spiro atoms. The molecule has 1 saturated carbocycles. The first-order chi connectivity index (χ1) is 19.4. The van der Waals surface area contributed by atoms with Crippen LogP contribution >= 0.6 is 0 Å². The molecule has 1 aliphatic carbocycles. The fourth-order valence-electron chi connectivity index (χ4n) is 5.36. The number of hydrogen-bond donors (Lipinski definition) is 4. The van der Waals surface area contributed by atoms with Crippen molar-refractivity contribution in [3.63, 3.8) is 0 Å². The lowest BCUT2D eigenvalue weighted by Gasteiger charge is -2.40. The number of nitrogens with zero attached hydrogens (tertiary/aromatic N) is 2. The monoisotopic (exact) mass is 579 g/mol. The molecule has 2 aliphatic rings. The third-order valence-electron chi connectivity index (χ3n) is 7.86. The Morgan fingerprint density at radius 3 is 2.39 bits per heavy atom. The number of halogens is 3. The lowest BCUT2D eigenvalue weighted by Crippen LogP contribution is -2.47. The molecule has 0 unspecified atom stereocenters. The Kier molecular flexibility index (Phi) is 11.8. The number of hydrogen-bond acceptors (Lipinski definition) is 6. The molecule has 4 rings (SSSR count). The van der Waals surface area contributed by atoms with E-state index >= 15 is 0 Å². The number of allylic oxidation sites excluding steroid dienone is 4. The first kappa shape index (κ1) is 33.0. The van der Waals surface area contributed by atoms with E-state index in [2.05, 4.69) is 54.3 Å². The quantitative estimate of drug-likeness (QED) is 0.156. The summed E-state index contributed by atoms with van der Waals surface area (Å²) in [5, 5.41) is 26.6. The summed E-state index contributed by atoms with van der Waals surface area (Å²) in [7, 11) is 0. The summed E-state index contributed by atoms with van der Waals surface area (Å²) in [5.41, 5.74) is 5.04. The van der Waals surface area contributed by atoms with Gasteiger partial charge in [-0.1, -0.05) is 43.0 Å². The number of para-hydroxylation sites is 1. The van der Waals surface area contributed by atoms with Crippen LogP contribution in [0, 0.1) is 0 Å². The lowest BCUT2D eigenvalue weighted by molar-refractivity contribution is -0.159. The largest absolute Gasteiger partial charge is 0.411 e. The summed E-state index contributed by atoms with van der Waals surface area (Å²) in [5.74, 6) is 6.55. The molecular weight excluding hydrogens is 535 g/mol. The summed E-state index contributed by atoms with van der Waals surface area (Å²) in [6.07, 6.45) is 9.12. The predicted molar refractivity (Wildman–Crippen MR) is 155 cm³/mol. The van der Waals surface area contributed by atoms with Gasteiger partial charge in [-0.05, 0) is 81.1 Å². The van der Waals surface area contributed by atoms with Crippen LogP contribution in [-0.4, -0.2) is 62.6 Å². The third-order valence-corrected chi connectivity index (χ3v) is 7.86. The number of likely N-dealkylation sites (tertiary alicyclic amines) is 1. The molecule has 1 aromatic heterocycles. The van der Waals surface area contributed by atoms with Crippen molar-refractivity contribution in [2.24, 2.45) is 5.90 Å². The van der Waals surface area contributed by atoms with Gasteiger partial charge in [0, 0.05) is 37.3 Å². The Balaban J connectivity index is 0.000000696. The minimum atomic E-state index is -4.40. The number of aliphatic hydroxyl groups excluding tert-OH is 2. The van der Waals surface area contributed by atoms with Crippen LogP contribution in [-0.2, 0) is 11.4 Å². The molecular formula is C31H44F3N3O4. The van der Waals surface area contributed by atoms with Gasteiger partial charge in [-0.2, -0.15) is 13.2 Å². The number of benzene rings is 1. The molecule has 2 heterocycles. The maximum atomic E-state index is 10.5. The van der Waals surface area contributed by atoms with E-state index in [0.717, 1.165) is 56.8 Å². The average Bonchev–Trinajstić information content (AvgIpc) is 3.72. The summed E-state index contributed by atoms with van der Waals surface area (Å²) in [4.78, 5) is 8.10. The molecule has 0 radical (unpaired) electrons. The maximum Gasteiger partial charge on any atom is 0.411 e. The van der Waals surface area contributed by atoms with E-state index in [0.29, 0.717) is 6.04 Å². The van der Waals surface area contributed by atoms with Crippen LogP contribution in [0.15, 0.2) is 60.9 Å². The fourth-order valence-corrected chi connectivity index (χ4v) is 5.36. The second-order valence-electron chi connectivity index (χ2n) is 11.3. The van der Waals surface area contributed by atoms with Gasteiger partial charge >= 0.3 is 6.18 Å². The van der Waals surface area contributed by atoms with Gasteiger partial charge in [0.1, 0.15) is 6.61 Å². The second-order valence-corrected chi connectivity index (χ2v) is 11.3. The standard InChI is InChI=1S/C29H41N3O3.C2H3F3O/c1-4-22(7-5-10-27(33)34)13-14-29(35-30)15-17-31(18-16-29)19-24-20-32(21(2)3)28-25(23-11-12-23)8-6-9-26(24)28;3-2(4,5)1-6/h4-10,20-21,23,27,33-34H,1,11-19,30H2,2-3H3;6H,1H2/b10-5+,22-7+;. The van der Waals surface area contributed by atoms with Crippen LogP contribution in [0.25, 0.3) is 10.9 Å². The minimum Gasteiger partial charge on any atom is -0.387 e. The normalized spacial score (nSPS) is 18.4. The van der Waals surface area contributed by atoms with E-state index in [4.69, 9.17) is 26.1 Å². The minimum absolute atomic E-state index is 0.343. The van der Waals surface area contributed by atoms with Gasteiger partial charge in [-0.3, -0.25) is 9.74 Å². The molecule has 228 valence electrons. The molecule has 0 bridgehead atoms. The number of alkyl halides is 3. The summed E-state index contributed by atoms with van der Waals surface area (Å²) < 4.78 is 34.1. The Morgan fingerprint density at radius 1 is 1.22 bits per heavy atom. The number of piperidine rings is 1. The molecule has 2 fully saturated rings. The van der Waals surface area contributed by atoms with Crippen LogP contribution < -0.4 is 5.90 Å².